The summed E-state index contributed by atoms with van der Waals surface area (Å²) in [6, 6.07) is 8.52. The molecule has 0 radical (unpaired) electrons. The van der Waals surface area contributed by atoms with Crippen LogP contribution in [0, 0.1) is 5.41 Å². The van der Waals surface area contributed by atoms with Crippen molar-refractivity contribution >= 4 is 20.6 Å². The average molecular weight is 296 g/mol. The summed E-state index contributed by atoms with van der Waals surface area (Å²) in [6.07, 6.45) is 10.9. The molecule has 1 aromatic heterocycles. The number of nitrogens with zero attached hydrogens (tertiary/aromatic N) is 2. The highest BCUT2D eigenvalue weighted by Gasteiger charge is 2.36. The standard InChI is InChI=1S/C18H21N2P/c1-18-9-3-2-4-14(18)10-17-13(11-18)12-19-20(17)15-5-7-16(21)8-6-15/h5-8,10,12H,2-4,9,11,21H2,1H3. The van der Waals surface area contributed by atoms with E-state index in [1.165, 1.54) is 42.2 Å². The van der Waals surface area contributed by atoms with E-state index in [9.17, 15) is 0 Å². The quantitative estimate of drug-likeness (QED) is 0.730. The highest BCUT2D eigenvalue weighted by molar-refractivity contribution is 7.27. The molecule has 2 aliphatic rings. The Balaban J connectivity index is 1.80. The normalized spacial score (nSPS) is 24.2. The van der Waals surface area contributed by atoms with E-state index >= 15 is 0 Å². The number of rotatable bonds is 1. The minimum absolute atomic E-state index is 0.378. The lowest BCUT2D eigenvalue weighted by molar-refractivity contribution is 0.300. The van der Waals surface area contributed by atoms with E-state index in [2.05, 4.69) is 62.5 Å². The molecule has 4 rings (SSSR count). The molecular formula is C18H21N2P. The summed E-state index contributed by atoms with van der Waals surface area (Å²) < 4.78 is 2.10. The van der Waals surface area contributed by atoms with Crippen LogP contribution in [0.1, 0.15) is 43.9 Å². The fourth-order valence-electron chi connectivity index (χ4n) is 3.83. The number of hydrogen-bond donors (Lipinski definition) is 0. The van der Waals surface area contributed by atoms with Gasteiger partial charge < -0.3 is 0 Å². The number of aromatic nitrogens is 2. The van der Waals surface area contributed by atoms with Crippen LogP contribution in [0.25, 0.3) is 11.8 Å². The van der Waals surface area contributed by atoms with Gasteiger partial charge in [0.05, 0.1) is 17.6 Å². The maximum absolute atomic E-state index is 4.65. The molecule has 2 aromatic rings. The van der Waals surface area contributed by atoms with E-state index in [1.807, 2.05) is 0 Å². The van der Waals surface area contributed by atoms with Crippen molar-refractivity contribution in [2.75, 3.05) is 0 Å². The zero-order valence-electron chi connectivity index (χ0n) is 12.5. The fourth-order valence-corrected chi connectivity index (χ4v) is 4.02. The van der Waals surface area contributed by atoms with Crippen molar-refractivity contribution in [3.8, 4) is 5.69 Å². The molecule has 3 heteroatoms. The Morgan fingerprint density at radius 3 is 2.81 bits per heavy atom. The van der Waals surface area contributed by atoms with Crippen molar-refractivity contribution in [3.63, 3.8) is 0 Å². The smallest absolute Gasteiger partial charge is 0.0700 e. The van der Waals surface area contributed by atoms with Gasteiger partial charge in [0.15, 0.2) is 0 Å². The number of fused-ring (bicyclic) bond motifs is 2. The molecule has 0 amide bonds. The first kappa shape index (κ1) is 13.3. The van der Waals surface area contributed by atoms with E-state index < -0.39 is 0 Å². The van der Waals surface area contributed by atoms with Crippen molar-refractivity contribution < 1.29 is 0 Å². The summed E-state index contributed by atoms with van der Waals surface area (Å²) in [5.74, 6) is 0. The minimum Gasteiger partial charge on any atom is -0.233 e. The lowest BCUT2D eigenvalue weighted by Gasteiger charge is -2.39. The van der Waals surface area contributed by atoms with Crippen LogP contribution >= 0.6 is 9.24 Å². The lowest BCUT2D eigenvalue weighted by Crippen LogP contribution is -2.28. The first-order chi connectivity index (χ1) is 10.2. The second kappa shape index (κ2) is 4.81. The van der Waals surface area contributed by atoms with Gasteiger partial charge in [-0.2, -0.15) is 5.10 Å². The summed E-state index contributed by atoms with van der Waals surface area (Å²) in [7, 11) is 2.73. The Morgan fingerprint density at radius 1 is 1.19 bits per heavy atom. The summed E-state index contributed by atoms with van der Waals surface area (Å²) in [5.41, 5.74) is 5.85. The zero-order chi connectivity index (χ0) is 14.4. The maximum Gasteiger partial charge on any atom is 0.0700 e. The summed E-state index contributed by atoms with van der Waals surface area (Å²) in [4.78, 5) is 0. The average Bonchev–Trinajstić information content (AvgIpc) is 2.87. The van der Waals surface area contributed by atoms with Crippen LogP contribution in [0.4, 0.5) is 0 Å². The van der Waals surface area contributed by atoms with E-state index in [0.29, 0.717) is 5.41 Å². The second-order valence-corrected chi connectivity index (χ2v) is 7.34. The van der Waals surface area contributed by atoms with E-state index in [1.54, 1.807) is 5.57 Å². The largest absolute Gasteiger partial charge is 0.233 e. The predicted octanol–water partition coefficient (Wildman–Crippen LogP) is 3.89. The molecular weight excluding hydrogens is 275 g/mol. The van der Waals surface area contributed by atoms with E-state index in [-0.39, 0.29) is 0 Å². The molecule has 0 saturated heterocycles. The molecule has 2 atom stereocenters. The van der Waals surface area contributed by atoms with Crippen LogP contribution in [0.5, 0.6) is 0 Å². The zero-order valence-corrected chi connectivity index (χ0v) is 13.6. The molecule has 2 unspecified atom stereocenters. The number of allylic oxidation sites excluding steroid dienone is 1. The van der Waals surface area contributed by atoms with Gasteiger partial charge in [-0.25, -0.2) is 4.68 Å². The van der Waals surface area contributed by atoms with Gasteiger partial charge in [-0.15, -0.1) is 9.24 Å². The molecule has 1 saturated carbocycles. The third-order valence-electron chi connectivity index (χ3n) is 5.12. The van der Waals surface area contributed by atoms with Crippen molar-refractivity contribution in [2.24, 2.45) is 5.41 Å². The van der Waals surface area contributed by atoms with Gasteiger partial charge in [-0.3, -0.25) is 0 Å². The molecule has 0 spiro atoms. The van der Waals surface area contributed by atoms with Crippen LogP contribution < -0.4 is 5.30 Å². The summed E-state index contributed by atoms with van der Waals surface area (Å²) >= 11 is 0. The lowest BCUT2D eigenvalue weighted by atomic mass is 9.66. The van der Waals surface area contributed by atoms with Gasteiger partial charge >= 0.3 is 0 Å². The second-order valence-electron chi connectivity index (χ2n) is 6.67. The topological polar surface area (TPSA) is 17.8 Å². The van der Waals surface area contributed by atoms with Gasteiger partial charge in [0.25, 0.3) is 0 Å². The number of hydrogen-bond acceptors (Lipinski definition) is 1. The van der Waals surface area contributed by atoms with Crippen molar-refractivity contribution in [1.29, 1.82) is 0 Å². The molecule has 1 aromatic carbocycles. The molecule has 0 N–H and O–H groups in total. The summed E-state index contributed by atoms with van der Waals surface area (Å²) in [5, 5.41) is 5.86. The summed E-state index contributed by atoms with van der Waals surface area (Å²) in [6.45, 7) is 2.43. The SMILES string of the molecule is CC12CCCCC1=Cc1c(cnn1-c1ccc(P)cc1)C2. The van der Waals surface area contributed by atoms with E-state index in [4.69, 9.17) is 0 Å². The third kappa shape index (κ3) is 2.17. The Kier molecular flexibility index (Phi) is 3.04. The van der Waals surface area contributed by atoms with Gasteiger partial charge in [-0.05, 0) is 60.2 Å². The molecule has 1 fully saturated rings. The molecule has 21 heavy (non-hydrogen) atoms. The third-order valence-corrected chi connectivity index (χ3v) is 5.50. The van der Waals surface area contributed by atoms with Crippen LogP contribution in [0.15, 0.2) is 36.0 Å². The van der Waals surface area contributed by atoms with E-state index in [0.717, 1.165) is 12.1 Å². The Morgan fingerprint density at radius 2 is 2.00 bits per heavy atom. The molecule has 0 aliphatic heterocycles. The predicted molar refractivity (Wildman–Crippen MR) is 91.2 cm³/mol. The Hall–Kier alpha value is -1.40. The van der Waals surface area contributed by atoms with Crippen LogP contribution in [-0.2, 0) is 6.42 Å². The molecule has 0 bridgehead atoms. The van der Waals surface area contributed by atoms with Gasteiger partial charge in [0.2, 0.25) is 0 Å². The fraction of sp³-hybridized carbons (Fsp3) is 0.389. The first-order valence-corrected chi connectivity index (χ1v) is 8.37. The molecule has 2 nitrogen and oxygen atoms in total. The molecule has 1 heterocycles. The number of benzene rings is 1. The Labute approximate surface area is 128 Å². The van der Waals surface area contributed by atoms with Gasteiger partial charge in [0.1, 0.15) is 0 Å². The monoisotopic (exact) mass is 296 g/mol. The molecule has 108 valence electrons. The highest BCUT2D eigenvalue weighted by Crippen LogP contribution is 2.47. The molecule has 2 aliphatic carbocycles. The van der Waals surface area contributed by atoms with Gasteiger partial charge in [-0.1, -0.05) is 31.1 Å². The van der Waals surface area contributed by atoms with Crippen LogP contribution in [0.2, 0.25) is 0 Å². The highest BCUT2D eigenvalue weighted by atomic mass is 31.0. The van der Waals surface area contributed by atoms with Crippen molar-refractivity contribution in [3.05, 3.63) is 47.3 Å². The van der Waals surface area contributed by atoms with Gasteiger partial charge in [0, 0.05) is 0 Å². The maximum atomic E-state index is 4.65. The van der Waals surface area contributed by atoms with Crippen LogP contribution in [0.3, 0.4) is 0 Å². The van der Waals surface area contributed by atoms with Crippen molar-refractivity contribution in [1.82, 2.24) is 9.78 Å². The Bertz CT molecular complexity index is 711. The minimum atomic E-state index is 0.378. The van der Waals surface area contributed by atoms with Crippen LogP contribution in [-0.4, -0.2) is 9.78 Å². The van der Waals surface area contributed by atoms with Crippen molar-refractivity contribution in [2.45, 2.75) is 39.0 Å². The first-order valence-electron chi connectivity index (χ1n) is 7.80.